The quantitative estimate of drug-likeness (QED) is 0.253. The lowest BCUT2D eigenvalue weighted by Gasteiger charge is -2.13. The molecule has 0 saturated carbocycles. The summed E-state index contributed by atoms with van der Waals surface area (Å²) in [7, 11) is -2.32. The molecule has 9 nitrogen and oxygen atoms in total. The first kappa shape index (κ1) is 23.4. The molecule has 0 saturated heterocycles. The Bertz CT molecular complexity index is 1320. The van der Waals surface area contributed by atoms with Crippen LogP contribution in [-0.4, -0.2) is 27.6 Å². The number of nitrogen functional groups attached to an aromatic ring is 1. The summed E-state index contributed by atoms with van der Waals surface area (Å²) in [5.74, 6) is -0.0706. The van der Waals surface area contributed by atoms with Crippen LogP contribution in [0.2, 0.25) is 0 Å². The summed E-state index contributed by atoms with van der Waals surface area (Å²) in [5.41, 5.74) is 13.6. The van der Waals surface area contributed by atoms with Gasteiger partial charge in [0.15, 0.2) is 0 Å². The molecule has 0 aliphatic heterocycles. The van der Waals surface area contributed by atoms with Gasteiger partial charge in [-0.1, -0.05) is 18.2 Å². The highest BCUT2D eigenvalue weighted by atomic mass is 32.2. The summed E-state index contributed by atoms with van der Waals surface area (Å²) in [4.78, 5) is 12.9. The topological polar surface area (TPSA) is 160 Å². The van der Waals surface area contributed by atoms with Crippen molar-refractivity contribution in [2.45, 2.75) is 4.90 Å². The Morgan fingerprint density at radius 1 is 1.06 bits per heavy atom. The normalized spacial score (nSPS) is 11.5. The zero-order valence-electron chi connectivity index (χ0n) is 17.7. The van der Waals surface area contributed by atoms with E-state index in [0.717, 1.165) is 6.21 Å². The molecule has 3 aromatic rings. The SMILES string of the molecule is COc1cc(C(=O)Nc2ccc(NS(=O)(=O)c3ccccc3)cc2N)ccc1/C(C=N)=C/N. The van der Waals surface area contributed by atoms with E-state index < -0.39 is 15.9 Å². The van der Waals surface area contributed by atoms with E-state index in [4.69, 9.17) is 21.6 Å². The van der Waals surface area contributed by atoms with Gasteiger partial charge in [-0.15, -0.1) is 0 Å². The Balaban J connectivity index is 1.79. The van der Waals surface area contributed by atoms with E-state index in [2.05, 4.69) is 10.0 Å². The highest BCUT2D eigenvalue weighted by Crippen LogP contribution is 2.28. The van der Waals surface area contributed by atoms with Crippen LogP contribution in [0.1, 0.15) is 15.9 Å². The highest BCUT2D eigenvalue weighted by Gasteiger charge is 2.16. The summed E-state index contributed by atoms with van der Waals surface area (Å²) >= 11 is 0. The number of ether oxygens (including phenoxy) is 1. The summed E-state index contributed by atoms with van der Waals surface area (Å²) in [6.07, 6.45) is 2.37. The maximum Gasteiger partial charge on any atom is 0.261 e. The third-order valence-electron chi connectivity index (χ3n) is 4.72. The molecule has 33 heavy (non-hydrogen) atoms. The Kier molecular flexibility index (Phi) is 6.99. The average Bonchev–Trinajstić information content (AvgIpc) is 2.82. The second kappa shape index (κ2) is 9.88. The van der Waals surface area contributed by atoms with Crippen LogP contribution in [0.25, 0.3) is 5.57 Å². The summed E-state index contributed by atoms with van der Waals surface area (Å²) < 4.78 is 32.7. The van der Waals surface area contributed by atoms with Crippen molar-refractivity contribution in [3.05, 3.63) is 84.1 Å². The molecule has 0 fully saturated rings. The zero-order chi connectivity index (χ0) is 24.0. The average molecular weight is 466 g/mol. The smallest absolute Gasteiger partial charge is 0.261 e. The van der Waals surface area contributed by atoms with Crippen LogP contribution >= 0.6 is 0 Å². The molecular weight excluding hydrogens is 442 g/mol. The molecule has 0 unspecified atom stereocenters. The molecule has 3 aromatic carbocycles. The second-order valence-electron chi connectivity index (χ2n) is 6.86. The number of carbonyl (C=O) groups is 1. The Morgan fingerprint density at radius 3 is 2.39 bits per heavy atom. The molecule has 3 rings (SSSR count). The van der Waals surface area contributed by atoms with Gasteiger partial charge in [0, 0.05) is 29.1 Å². The number of anilines is 3. The van der Waals surface area contributed by atoms with E-state index in [-0.39, 0.29) is 16.3 Å². The molecule has 10 heteroatoms. The van der Waals surface area contributed by atoms with E-state index in [1.807, 2.05) is 0 Å². The molecule has 0 aliphatic carbocycles. The van der Waals surface area contributed by atoms with Crippen molar-refractivity contribution < 1.29 is 17.9 Å². The molecule has 0 aliphatic rings. The lowest BCUT2D eigenvalue weighted by Crippen LogP contribution is -2.15. The molecule has 0 aromatic heterocycles. The van der Waals surface area contributed by atoms with Crippen LogP contribution in [0, 0.1) is 5.41 Å². The van der Waals surface area contributed by atoms with Crippen LogP contribution in [0.5, 0.6) is 5.75 Å². The van der Waals surface area contributed by atoms with E-state index in [1.165, 1.54) is 49.7 Å². The molecule has 0 heterocycles. The van der Waals surface area contributed by atoms with Crippen LogP contribution in [0.15, 0.2) is 77.8 Å². The minimum absolute atomic E-state index is 0.119. The molecular formula is C23H23N5O4S. The fraction of sp³-hybridized carbons (Fsp3) is 0.0435. The number of methoxy groups -OCH3 is 1. The molecule has 7 N–H and O–H groups in total. The lowest BCUT2D eigenvalue weighted by atomic mass is 10.0. The number of allylic oxidation sites excluding steroid dienone is 1. The zero-order valence-corrected chi connectivity index (χ0v) is 18.5. The molecule has 1 amide bonds. The molecule has 0 atom stereocenters. The number of nitrogens with one attached hydrogen (secondary N) is 3. The van der Waals surface area contributed by atoms with Gasteiger partial charge in [0.1, 0.15) is 5.75 Å². The fourth-order valence-electron chi connectivity index (χ4n) is 3.03. The molecule has 0 spiro atoms. The van der Waals surface area contributed by atoms with Gasteiger partial charge in [-0.3, -0.25) is 9.52 Å². The van der Waals surface area contributed by atoms with Crippen molar-refractivity contribution >= 4 is 44.8 Å². The van der Waals surface area contributed by atoms with E-state index >= 15 is 0 Å². The molecule has 0 radical (unpaired) electrons. The van der Waals surface area contributed by atoms with Crippen molar-refractivity contribution in [3.8, 4) is 5.75 Å². The number of benzene rings is 3. The number of hydrogen-bond donors (Lipinski definition) is 5. The van der Waals surface area contributed by atoms with E-state index in [9.17, 15) is 13.2 Å². The Hall–Kier alpha value is -4.31. The van der Waals surface area contributed by atoms with E-state index in [0.29, 0.717) is 28.1 Å². The predicted octanol–water partition coefficient (Wildman–Crippen LogP) is 3.28. The molecule has 0 bridgehead atoms. The Labute approximate surface area is 191 Å². The highest BCUT2D eigenvalue weighted by molar-refractivity contribution is 7.92. The van der Waals surface area contributed by atoms with Gasteiger partial charge in [-0.25, -0.2) is 8.42 Å². The number of nitrogens with two attached hydrogens (primary N) is 2. The first-order valence-corrected chi connectivity index (χ1v) is 11.2. The monoisotopic (exact) mass is 465 g/mol. The van der Waals surface area contributed by atoms with Crippen molar-refractivity contribution in [2.75, 3.05) is 22.9 Å². The van der Waals surface area contributed by atoms with Gasteiger partial charge in [-0.05, 0) is 48.5 Å². The van der Waals surface area contributed by atoms with Gasteiger partial charge in [0.05, 0.1) is 29.1 Å². The van der Waals surface area contributed by atoms with Gasteiger partial charge < -0.3 is 26.9 Å². The number of hydrogen-bond acceptors (Lipinski definition) is 7. The van der Waals surface area contributed by atoms with Gasteiger partial charge >= 0.3 is 0 Å². The second-order valence-corrected chi connectivity index (χ2v) is 8.54. The number of rotatable bonds is 8. The first-order chi connectivity index (χ1) is 15.8. The number of amides is 1. The first-order valence-electron chi connectivity index (χ1n) is 9.68. The van der Waals surface area contributed by atoms with Crippen LogP contribution in [0.4, 0.5) is 17.1 Å². The maximum atomic E-state index is 12.7. The lowest BCUT2D eigenvalue weighted by molar-refractivity contribution is 0.102. The van der Waals surface area contributed by atoms with Crippen molar-refractivity contribution in [2.24, 2.45) is 5.73 Å². The third kappa shape index (κ3) is 5.31. The van der Waals surface area contributed by atoms with Gasteiger partial charge in [0.25, 0.3) is 15.9 Å². The van der Waals surface area contributed by atoms with Crippen molar-refractivity contribution in [3.63, 3.8) is 0 Å². The minimum Gasteiger partial charge on any atom is -0.496 e. The van der Waals surface area contributed by atoms with Gasteiger partial charge in [-0.2, -0.15) is 0 Å². The van der Waals surface area contributed by atoms with Crippen molar-refractivity contribution in [1.82, 2.24) is 0 Å². The van der Waals surface area contributed by atoms with E-state index in [1.54, 1.807) is 30.3 Å². The molecule has 170 valence electrons. The minimum atomic E-state index is -3.77. The van der Waals surface area contributed by atoms with Crippen LogP contribution < -0.4 is 26.2 Å². The number of sulfonamides is 1. The summed E-state index contributed by atoms with van der Waals surface area (Å²) in [5, 5.41) is 10.1. The standard InChI is InChI=1S/C23H23N5O4S/c1-32-22-11-15(7-9-19(22)16(13-24)14-25)23(29)27-21-10-8-17(12-20(21)26)28-33(30,31)18-5-3-2-4-6-18/h2-14,24,28H,25-26H2,1H3,(H,27,29)/b16-14+,24-13?. The summed E-state index contributed by atoms with van der Waals surface area (Å²) in [6.45, 7) is 0. The van der Waals surface area contributed by atoms with Crippen LogP contribution in [0.3, 0.4) is 0 Å². The third-order valence-corrected chi connectivity index (χ3v) is 6.11. The fourth-order valence-corrected chi connectivity index (χ4v) is 4.11. The van der Waals surface area contributed by atoms with Gasteiger partial charge in [0.2, 0.25) is 0 Å². The Morgan fingerprint density at radius 2 is 1.79 bits per heavy atom. The van der Waals surface area contributed by atoms with Crippen molar-refractivity contribution in [1.29, 1.82) is 5.41 Å². The largest absolute Gasteiger partial charge is 0.496 e. The number of carbonyl (C=O) groups excluding carboxylic acids is 1. The summed E-state index contributed by atoms with van der Waals surface area (Å²) in [6, 6.07) is 17.1. The van der Waals surface area contributed by atoms with Crippen LogP contribution in [-0.2, 0) is 10.0 Å². The predicted molar refractivity (Wildman–Crippen MR) is 130 cm³/mol. The maximum absolute atomic E-state index is 12.7.